The predicted molar refractivity (Wildman–Crippen MR) is 53.5 cm³/mol. The molecule has 0 aromatic rings. The molecule has 1 aliphatic rings. The van der Waals surface area contributed by atoms with Gasteiger partial charge in [0.2, 0.25) is 11.8 Å². The number of thioether (sulfide) groups is 1. The van der Waals surface area contributed by atoms with Crippen molar-refractivity contribution in [1.82, 2.24) is 4.90 Å². The first-order valence-corrected chi connectivity index (χ1v) is 5.89. The van der Waals surface area contributed by atoms with Crippen LogP contribution in [0.15, 0.2) is 0 Å². The van der Waals surface area contributed by atoms with Gasteiger partial charge in [0.1, 0.15) is 0 Å². The van der Waals surface area contributed by atoms with Crippen molar-refractivity contribution in [2.24, 2.45) is 5.92 Å². The van der Waals surface area contributed by atoms with Crippen LogP contribution in [0.25, 0.3) is 0 Å². The molecule has 4 heteroatoms. The highest BCUT2D eigenvalue weighted by Gasteiger charge is 2.34. The molecule has 0 spiro atoms. The summed E-state index contributed by atoms with van der Waals surface area (Å²) in [6.07, 6.45) is 3.33. The van der Waals surface area contributed by atoms with Crippen LogP contribution in [0.1, 0.15) is 19.8 Å². The maximum atomic E-state index is 11.4. The van der Waals surface area contributed by atoms with Gasteiger partial charge in [-0.15, -0.1) is 0 Å². The maximum absolute atomic E-state index is 11.4. The number of rotatable bonds is 4. The molecule has 0 aromatic heterocycles. The second-order valence-corrected chi connectivity index (χ2v) is 4.32. The molecule has 0 unspecified atom stereocenters. The third-order valence-electron chi connectivity index (χ3n) is 2.20. The van der Waals surface area contributed by atoms with E-state index in [0.717, 1.165) is 12.2 Å². The van der Waals surface area contributed by atoms with E-state index >= 15 is 0 Å². The summed E-state index contributed by atoms with van der Waals surface area (Å²) in [7, 11) is 0. The second-order valence-electron chi connectivity index (χ2n) is 3.34. The van der Waals surface area contributed by atoms with Gasteiger partial charge in [-0.25, -0.2) is 0 Å². The molecule has 0 aromatic carbocycles. The number of nitrogens with zero attached hydrogens (tertiary/aromatic N) is 1. The van der Waals surface area contributed by atoms with Crippen molar-refractivity contribution in [3.8, 4) is 0 Å². The minimum atomic E-state index is -0.0956. The molecule has 74 valence electrons. The number of hydrogen-bond donors (Lipinski definition) is 0. The fraction of sp³-hybridized carbons (Fsp3) is 0.778. The van der Waals surface area contributed by atoms with E-state index in [9.17, 15) is 9.59 Å². The Morgan fingerprint density at radius 3 is 2.69 bits per heavy atom. The molecule has 1 rings (SSSR count). The van der Waals surface area contributed by atoms with Crippen LogP contribution >= 0.6 is 11.8 Å². The second kappa shape index (κ2) is 4.65. The summed E-state index contributed by atoms with van der Waals surface area (Å²) in [5.41, 5.74) is 0. The third kappa shape index (κ3) is 2.46. The van der Waals surface area contributed by atoms with Crippen LogP contribution in [0.4, 0.5) is 0 Å². The van der Waals surface area contributed by atoms with Gasteiger partial charge in [-0.1, -0.05) is 6.92 Å². The molecule has 1 fully saturated rings. The van der Waals surface area contributed by atoms with Gasteiger partial charge in [-0.3, -0.25) is 14.5 Å². The van der Waals surface area contributed by atoms with E-state index in [1.807, 2.05) is 13.2 Å². The molecular formula is C9H15NO2S. The Morgan fingerprint density at radius 1 is 1.54 bits per heavy atom. The Bertz CT molecular complexity index is 218. The highest BCUT2D eigenvalue weighted by Crippen LogP contribution is 2.18. The Hall–Kier alpha value is -0.510. The van der Waals surface area contributed by atoms with E-state index in [-0.39, 0.29) is 17.7 Å². The number of likely N-dealkylation sites (tertiary alicyclic amines) is 1. The highest BCUT2D eigenvalue weighted by atomic mass is 32.2. The van der Waals surface area contributed by atoms with Gasteiger partial charge in [0.25, 0.3) is 0 Å². The Morgan fingerprint density at radius 2 is 2.23 bits per heavy atom. The summed E-state index contributed by atoms with van der Waals surface area (Å²) in [5.74, 6) is 0.914. The van der Waals surface area contributed by atoms with Crippen molar-refractivity contribution in [3.63, 3.8) is 0 Å². The van der Waals surface area contributed by atoms with Gasteiger partial charge in [-0.05, 0) is 18.4 Å². The molecule has 0 aliphatic carbocycles. The van der Waals surface area contributed by atoms with Crippen LogP contribution in [0.2, 0.25) is 0 Å². The van der Waals surface area contributed by atoms with Crippen LogP contribution in [-0.4, -0.2) is 35.3 Å². The molecule has 2 amide bonds. The van der Waals surface area contributed by atoms with Crippen molar-refractivity contribution >= 4 is 23.6 Å². The first kappa shape index (κ1) is 10.6. The normalized spacial score (nSPS) is 22.9. The van der Waals surface area contributed by atoms with E-state index < -0.39 is 0 Å². The summed E-state index contributed by atoms with van der Waals surface area (Å²) < 4.78 is 0. The lowest BCUT2D eigenvalue weighted by Gasteiger charge is -2.13. The largest absolute Gasteiger partial charge is 0.282 e. The van der Waals surface area contributed by atoms with E-state index in [0.29, 0.717) is 13.0 Å². The van der Waals surface area contributed by atoms with Crippen molar-refractivity contribution in [3.05, 3.63) is 0 Å². The van der Waals surface area contributed by atoms with Crippen molar-refractivity contribution in [1.29, 1.82) is 0 Å². The van der Waals surface area contributed by atoms with Crippen LogP contribution in [-0.2, 0) is 9.59 Å². The first-order valence-electron chi connectivity index (χ1n) is 4.50. The smallest absolute Gasteiger partial charge is 0.232 e. The molecular weight excluding hydrogens is 186 g/mol. The van der Waals surface area contributed by atoms with Crippen LogP contribution < -0.4 is 0 Å². The van der Waals surface area contributed by atoms with Crippen molar-refractivity contribution in [2.75, 3.05) is 18.6 Å². The molecule has 0 N–H and O–H groups in total. The lowest BCUT2D eigenvalue weighted by Crippen LogP contribution is -2.31. The average molecular weight is 201 g/mol. The van der Waals surface area contributed by atoms with Crippen LogP contribution in [0.5, 0.6) is 0 Å². The first-order chi connectivity index (χ1) is 6.16. The predicted octanol–water partition coefficient (Wildman–Crippen LogP) is 1.13. The number of hydrogen-bond acceptors (Lipinski definition) is 3. The zero-order chi connectivity index (χ0) is 9.84. The quantitative estimate of drug-likeness (QED) is 0.505. The summed E-state index contributed by atoms with van der Waals surface area (Å²) in [5, 5.41) is 0. The molecule has 1 saturated heterocycles. The SMILES string of the molecule is CSCCCN1C(=O)C[C@@H](C)C1=O. The van der Waals surface area contributed by atoms with Gasteiger partial charge in [-0.2, -0.15) is 11.8 Å². The number of imide groups is 1. The highest BCUT2D eigenvalue weighted by molar-refractivity contribution is 7.98. The zero-order valence-electron chi connectivity index (χ0n) is 8.08. The van der Waals surface area contributed by atoms with Gasteiger partial charge < -0.3 is 0 Å². The van der Waals surface area contributed by atoms with E-state index in [4.69, 9.17) is 0 Å². The molecule has 13 heavy (non-hydrogen) atoms. The van der Waals surface area contributed by atoms with Crippen molar-refractivity contribution < 1.29 is 9.59 Å². The monoisotopic (exact) mass is 201 g/mol. The molecule has 1 heterocycles. The van der Waals surface area contributed by atoms with Crippen LogP contribution in [0, 0.1) is 5.92 Å². The lowest BCUT2D eigenvalue weighted by atomic mass is 10.1. The fourth-order valence-corrected chi connectivity index (χ4v) is 1.87. The Balaban J connectivity index is 2.40. The van der Waals surface area contributed by atoms with E-state index in [1.54, 1.807) is 11.8 Å². The van der Waals surface area contributed by atoms with E-state index in [2.05, 4.69) is 0 Å². The van der Waals surface area contributed by atoms with Gasteiger partial charge in [0.05, 0.1) is 0 Å². The molecule has 1 aliphatic heterocycles. The fourth-order valence-electron chi connectivity index (χ4n) is 1.45. The lowest BCUT2D eigenvalue weighted by molar-refractivity contribution is -0.139. The molecule has 1 atom stereocenters. The minimum Gasteiger partial charge on any atom is -0.282 e. The number of carbonyl (C=O) groups is 2. The standard InChI is InChI=1S/C9H15NO2S/c1-7-6-8(11)10(9(7)12)4-3-5-13-2/h7H,3-6H2,1-2H3/t7-/m1/s1. The van der Waals surface area contributed by atoms with Crippen LogP contribution in [0.3, 0.4) is 0 Å². The minimum absolute atomic E-state index is 0.00129. The summed E-state index contributed by atoms with van der Waals surface area (Å²) in [6.45, 7) is 2.41. The number of carbonyl (C=O) groups excluding carboxylic acids is 2. The summed E-state index contributed by atoms with van der Waals surface area (Å²) in [6, 6.07) is 0. The van der Waals surface area contributed by atoms with Gasteiger partial charge in [0.15, 0.2) is 0 Å². The molecule has 0 saturated carbocycles. The summed E-state index contributed by atoms with van der Waals surface area (Å²) >= 11 is 1.74. The Kier molecular flexibility index (Phi) is 3.78. The third-order valence-corrected chi connectivity index (χ3v) is 2.90. The molecule has 0 bridgehead atoms. The topological polar surface area (TPSA) is 37.4 Å². The van der Waals surface area contributed by atoms with E-state index in [1.165, 1.54) is 4.90 Å². The summed E-state index contributed by atoms with van der Waals surface area (Å²) in [4.78, 5) is 24.1. The maximum Gasteiger partial charge on any atom is 0.232 e. The average Bonchev–Trinajstić information content (AvgIpc) is 2.32. The number of amides is 2. The van der Waals surface area contributed by atoms with Gasteiger partial charge >= 0.3 is 0 Å². The Labute approximate surface area is 82.9 Å². The molecule has 3 nitrogen and oxygen atoms in total. The van der Waals surface area contributed by atoms with Crippen molar-refractivity contribution in [2.45, 2.75) is 19.8 Å². The zero-order valence-corrected chi connectivity index (χ0v) is 8.89. The molecule has 0 radical (unpaired) electrons. The van der Waals surface area contributed by atoms with Gasteiger partial charge in [0, 0.05) is 18.9 Å².